The summed E-state index contributed by atoms with van der Waals surface area (Å²) in [5.41, 5.74) is 2.02. The van der Waals surface area contributed by atoms with Gasteiger partial charge < -0.3 is 9.32 Å². The normalized spacial score (nSPS) is 15.7. The fourth-order valence-electron chi connectivity index (χ4n) is 2.32. The molecule has 0 atom stereocenters. The topological polar surface area (TPSA) is 46.3 Å². The van der Waals surface area contributed by atoms with E-state index in [9.17, 15) is 4.79 Å². The molecule has 0 saturated carbocycles. The molecule has 1 fully saturated rings. The van der Waals surface area contributed by atoms with Crippen molar-refractivity contribution in [2.45, 2.75) is 19.8 Å². The van der Waals surface area contributed by atoms with Crippen LogP contribution in [0.1, 0.15) is 29.1 Å². The molecule has 1 aromatic carbocycles. The molecular weight excluding hydrogens is 216 g/mol. The van der Waals surface area contributed by atoms with E-state index in [0.29, 0.717) is 22.6 Å². The Morgan fingerprint density at radius 3 is 2.88 bits per heavy atom. The van der Waals surface area contributed by atoms with Gasteiger partial charge in [0.05, 0.1) is 5.56 Å². The van der Waals surface area contributed by atoms with Gasteiger partial charge in [0.2, 0.25) is 0 Å². The summed E-state index contributed by atoms with van der Waals surface area (Å²) in [5.74, 6) is 0.670. The number of amides is 1. The minimum Gasteiger partial charge on any atom is -0.441 e. The van der Waals surface area contributed by atoms with Gasteiger partial charge in [-0.1, -0.05) is 6.07 Å². The van der Waals surface area contributed by atoms with Gasteiger partial charge in [0.15, 0.2) is 11.5 Å². The molecule has 0 bridgehead atoms. The first-order chi connectivity index (χ1) is 8.25. The Labute approximate surface area is 99.2 Å². The second-order valence-corrected chi connectivity index (χ2v) is 4.38. The van der Waals surface area contributed by atoms with Crippen LogP contribution in [0.2, 0.25) is 0 Å². The first kappa shape index (κ1) is 10.3. The van der Waals surface area contributed by atoms with Crippen molar-refractivity contribution >= 4 is 17.0 Å². The zero-order valence-electron chi connectivity index (χ0n) is 9.77. The summed E-state index contributed by atoms with van der Waals surface area (Å²) in [6, 6.07) is 5.51. The van der Waals surface area contributed by atoms with Gasteiger partial charge in [0, 0.05) is 20.0 Å². The number of hydrogen-bond acceptors (Lipinski definition) is 3. The smallest absolute Gasteiger partial charge is 0.256 e. The highest BCUT2D eigenvalue weighted by Crippen LogP contribution is 2.22. The number of nitrogens with zero attached hydrogens (tertiary/aromatic N) is 2. The first-order valence-electron chi connectivity index (χ1n) is 5.91. The Morgan fingerprint density at radius 1 is 1.35 bits per heavy atom. The van der Waals surface area contributed by atoms with Gasteiger partial charge in [0.1, 0.15) is 5.52 Å². The highest BCUT2D eigenvalue weighted by molar-refractivity contribution is 6.04. The van der Waals surface area contributed by atoms with E-state index in [-0.39, 0.29) is 5.91 Å². The fraction of sp³-hybridized carbons (Fsp3) is 0.385. The number of aryl methyl sites for hydroxylation is 1. The number of benzene rings is 1. The van der Waals surface area contributed by atoms with Gasteiger partial charge in [-0.15, -0.1) is 0 Å². The monoisotopic (exact) mass is 230 g/mol. The number of likely N-dealkylation sites (tertiary alicyclic amines) is 1. The quantitative estimate of drug-likeness (QED) is 0.755. The van der Waals surface area contributed by atoms with Gasteiger partial charge in [0.25, 0.3) is 5.91 Å². The second-order valence-electron chi connectivity index (χ2n) is 4.38. The van der Waals surface area contributed by atoms with E-state index in [2.05, 4.69) is 4.98 Å². The summed E-state index contributed by atoms with van der Waals surface area (Å²) in [7, 11) is 0. The summed E-state index contributed by atoms with van der Waals surface area (Å²) in [4.78, 5) is 18.5. The SMILES string of the molecule is Cc1nc2c(C(=O)N3CCCC3)cccc2o1. The van der Waals surface area contributed by atoms with Crippen LogP contribution in [0.3, 0.4) is 0 Å². The van der Waals surface area contributed by atoms with Gasteiger partial charge in [-0.2, -0.15) is 0 Å². The molecule has 2 aromatic rings. The number of oxazole rings is 1. The lowest BCUT2D eigenvalue weighted by molar-refractivity contribution is 0.0794. The zero-order chi connectivity index (χ0) is 11.8. The fourth-order valence-corrected chi connectivity index (χ4v) is 2.32. The van der Waals surface area contributed by atoms with E-state index in [4.69, 9.17) is 4.42 Å². The van der Waals surface area contributed by atoms with Gasteiger partial charge in [-0.25, -0.2) is 4.98 Å². The van der Waals surface area contributed by atoms with Crippen molar-refractivity contribution in [1.29, 1.82) is 0 Å². The highest BCUT2D eigenvalue weighted by Gasteiger charge is 2.22. The van der Waals surface area contributed by atoms with Crippen LogP contribution in [0.5, 0.6) is 0 Å². The molecule has 3 rings (SSSR count). The van der Waals surface area contributed by atoms with E-state index >= 15 is 0 Å². The maximum atomic E-state index is 12.3. The Kier molecular flexibility index (Phi) is 2.35. The molecule has 0 spiro atoms. The molecule has 1 aliphatic heterocycles. The van der Waals surface area contributed by atoms with Crippen LogP contribution in [0, 0.1) is 6.92 Å². The Bertz CT molecular complexity index is 568. The number of fused-ring (bicyclic) bond motifs is 1. The average molecular weight is 230 g/mol. The predicted molar refractivity (Wildman–Crippen MR) is 63.9 cm³/mol. The maximum Gasteiger partial charge on any atom is 0.256 e. The van der Waals surface area contributed by atoms with Crippen molar-refractivity contribution in [3.63, 3.8) is 0 Å². The second kappa shape index (κ2) is 3.87. The van der Waals surface area contributed by atoms with Gasteiger partial charge in [-0.3, -0.25) is 4.79 Å². The van der Waals surface area contributed by atoms with Crippen molar-refractivity contribution in [1.82, 2.24) is 9.88 Å². The average Bonchev–Trinajstić information content (AvgIpc) is 2.94. The number of carbonyl (C=O) groups is 1. The Hall–Kier alpha value is -1.84. The van der Waals surface area contributed by atoms with Crippen LogP contribution < -0.4 is 0 Å². The molecule has 4 nitrogen and oxygen atoms in total. The predicted octanol–water partition coefficient (Wildman–Crippen LogP) is 2.37. The van der Waals surface area contributed by atoms with Crippen LogP contribution in [-0.2, 0) is 0 Å². The van der Waals surface area contributed by atoms with Gasteiger partial charge in [-0.05, 0) is 25.0 Å². The summed E-state index contributed by atoms with van der Waals surface area (Å²) >= 11 is 0. The lowest BCUT2D eigenvalue weighted by Crippen LogP contribution is -2.27. The van der Waals surface area contributed by atoms with Gasteiger partial charge >= 0.3 is 0 Å². The minimum atomic E-state index is 0.0707. The van der Waals surface area contributed by atoms with Crippen LogP contribution in [0.25, 0.3) is 11.1 Å². The molecule has 1 aliphatic rings. The van der Waals surface area contributed by atoms with Crippen LogP contribution >= 0.6 is 0 Å². The molecule has 1 saturated heterocycles. The summed E-state index contributed by atoms with van der Waals surface area (Å²) in [6.07, 6.45) is 2.19. The third kappa shape index (κ3) is 1.69. The third-order valence-corrected chi connectivity index (χ3v) is 3.15. The van der Waals surface area contributed by atoms with E-state index in [1.165, 1.54) is 0 Å². The number of para-hydroxylation sites is 1. The molecule has 2 heterocycles. The summed E-state index contributed by atoms with van der Waals surface area (Å²) in [5, 5.41) is 0. The van der Waals surface area contributed by atoms with E-state index in [1.54, 1.807) is 6.92 Å². The molecule has 88 valence electrons. The van der Waals surface area contributed by atoms with Crippen LogP contribution in [-0.4, -0.2) is 28.9 Å². The number of carbonyl (C=O) groups excluding carboxylic acids is 1. The number of aromatic nitrogens is 1. The zero-order valence-corrected chi connectivity index (χ0v) is 9.77. The molecule has 1 aromatic heterocycles. The maximum absolute atomic E-state index is 12.3. The molecule has 0 unspecified atom stereocenters. The lowest BCUT2D eigenvalue weighted by Gasteiger charge is -2.14. The minimum absolute atomic E-state index is 0.0707. The Morgan fingerprint density at radius 2 is 2.12 bits per heavy atom. The molecule has 4 heteroatoms. The van der Waals surface area contributed by atoms with Crippen molar-refractivity contribution in [3.8, 4) is 0 Å². The molecule has 17 heavy (non-hydrogen) atoms. The van der Waals surface area contributed by atoms with Crippen LogP contribution in [0.15, 0.2) is 22.6 Å². The van der Waals surface area contributed by atoms with E-state index in [1.807, 2.05) is 23.1 Å². The van der Waals surface area contributed by atoms with E-state index < -0.39 is 0 Å². The largest absolute Gasteiger partial charge is 0.441 e. The number of rotatable bonds is 1. The molecule has 0 N–H and O–H groups in total. The van der Waals surface area contributed by atoms with Crippen molar-refractivity contribution in [2.75, 3.05) is 13.1 Å². The first-order valence-corrected chi connectivity index (χ1v) is 5.91. The standard InChI is InChI=1S/C13H14N2O2/c1-9-14-12-10(5-4-6-11(12)17-9)13(16)15-7-2-3-8-15/h4-6H,2-3,7-8H2,1H3. The Balaban J connectivity index is 2.06. The summed E-state index contributed by atoms with van der Waals surface area (Å²) in [6.45, 7) is 3.50. The molecule has 0 radical (unpaired) electrons. The lowest BCUT2D eigenvalue weighted by atomic mass is 10.1. The van der Waals surface area contributed by atoms with E-state index in [0.717, 1.165) is 25.9 Å². The molecule has 0 aliphatic carbocycles. The third-order valence-electron chi connectivity index (χ3n) is 3.15. The molecular formula is C13H14N2O2. The molecule has 1 amide bonds. The highest BCUT2D eigenvalue weighted by atomic mass is 16.3. The van der Waals surface area contributed by atoms with Crippen LogP contribution in [0.4, 0.5) is 0 Å². The van der Waals surface area contributed by atoms with Crippen molar-refractivity contribution in [2.24, 2.45) is 0 Å². The summed E-state index contributed by atoms with van der Waals surface area (Å²) < 4.78 is 5.44. The van der Waals surface area contributed by atoms with Crippen molar-refractivity contribution in [3.05, 3.63) is 29.7 Å². The number of hydrogen-bond donors (Lipinski definition) is 0. The van der Waals surface area contributed by atoms with Crippen molar-refractivity contribution < 1.29 is 9.21 Å².